The molecule has 0 bridgehead atoms. The third-order valence-electron chi connectivity index (χ3n) is 21.1. The average molecular weight is 1300 g/mol. The van der Waals surface area contributed by atoms with Crippen molar-refractivity contribution in [1.82, 2.24) is 57.3 Å². The highest BCUT2D eigenvalue weighted by molar-refractivity contribution is 6.22. The van der Waals surface area contributed by atoms with Crippen molar-refractivity contribution in [2.45, 2.75) is 0 Å². The van der Waals surface area contributed by atoms with Gasteiger partial charge in [0.2, 0.25) is 0 Å². The molecule has 0 unspecified atom stereocenters. The van der Waals surface area contributed by atoms with Crippen LogP contribution in [0.25, 0.3) is 198 Å². The normalized spacial score (nSPS) is 12.1. The second-order valence-electron chi connectivity index (χ2n) is 26.5. The van der Waals surface area contributed by atoms with Crippen LogP contribution in [-0.2, 0) is 0 Å². The molecule has 12 nitrogen and oxygen atoms in total. The molecule has 0 aliphatic rings. The van der Waals surface area contributed by atoms with Crippen LogP contribution >= 0.6 is 0 Å². The molecular formula is C90H54N12. The smallest absolute Gasteiger partial charge is 0.115 e. The van der Waals surface area contributed by atoms with Gasteiger partial charge in [0.25, 0.3) is 0 Å². The molecule has 0 saturated carbocycles. The Kier molecular flexibility index (Phi) is 11.9. The number of hydrogen-bond donors (Lipinski definition) is 0. The topological polar surface area (TPSA) is 107 Å². The van der Waals surface area contributed by atoms with Crippen LogP contribution in [0.4, 0.5) is 0 Å². The van der Waals surface area contributed by atoms with Gasteiger partial charge in [0.15, 0.2) is 0 Å². The average Bonchev–Trinajstić information content (AvgIpc) is 1.57. The monoisotopic (exact) mass is 1300 g/mol. The third-order valence-corrected chi connectivity index (χ3v) is 21.1. The van der Waals surface area contributed by atoms with Crippen LogP contribution in [0.2, 0.25) is 0 Å². The molecular weight excluding hydrogens is 1250 g/mol. The molecule has 22 aromatic rings. The van der Waals surface area contributed by atoms with Gasteiger partial charge in [0.05, 0.1) is 120 Å². The highest BCUT2D eigenvalue weighted by Gasteiger charge is 2.24. The van der Waals surface area contributed by atoms with Crippen molar-refractivity contribution in [3.8, 4) is 67.5 Å². The molecule has 102 heavy (non-hydrogen) atoms. The maximum Gasteiger partial charge on any atom is 0.115 e. The van der Waals surface area contributed by atoms with Gasteiger partial charge in [-0.2, -0.15) is 0 Å². The fourth-order valence-electron chi connectivity index (χ4n) is 16.7. The Labute approximate surface area is 581 Å². The Morgan fingerprint density at radius 1 is 0.147 bits per heavy atom. The summed E-state index contributed by atoms with van der Waals surface area (Å²) in [7, 11) is 0. The standard InChI is InChI=1S/C90H54N12/c1-7-19-79-67(13-1)73-40-76-70-16-4-10-22-82(70)100(64-46-91-52-92-47-64)88(76)43-85(73)97(79)61-31-25-55(26-32-61)58-37-59(56-27-33-62(34-28-56)98-80-20-8-2-14-68(80)74-41-77-71-17-5-11-23-83(71)101(89(77)44-86(74)98)65-48-93-53-94-49-65)39-60(38-58)57-29-35-63(36-30-57)99-81-21-9-3-15-69(81)75-42-78-72-18-6-12-24-84(72)102(90(78)45-87(75)99)66-50-95-54-96-51-66/h1-54H. The minimum atomic E-state index is 0.916. The van der Waals surface area contributed by atoms with Gasteiger partial charge in [-0.25, -0.2) is 29.9 Å². The van der Waals surface area contributed by atoms with Crippen LogP contribution in [0.15, 0.2) is 329 Å². The Morgan fingerprint density at radius 3 is 0.559 bits per heavy atom. The summed E-state index contributed by atoms with van der Waals surface area (Å²) >= 11 is 0. The molecule has 13 aromatic carbocycles. The van der Waals surface area contributed by atoms with E-state index in [9.17, 15) is 0 Å². The van der Waals surface area contributed by atoms with Crippen molar-refractivity contribution < 1.29 is 0 Å². The van der Waals surface area contributed by atoms with Crippen molar-refractivity contribution in [2.75, 3.05) is 0 Å². The van der Waals surface area contributed by atoms with Gasteiger partial charge in [-0.3, -0.25) is 0 Å². The van der Waals surface area contributed by atoms with Gasteiger partial charge in [-0.1, -0.05) is 146 Å². The second kappa shape index (κ2) is 21.7. The van der Waals surface area contributed by atoms with Crippen molar-refractivity contribution in [3.05, 3.63) is 329 Å². The van der Waals surface area contributed by atoms with Gasteiger partial charge in [-0.05, 0) is 161 Å². The molecule has 0 N–H and O–H groups in total. The van der Waals surface area contributed by atoms with Gasteiger partial charge in [0, 0.05) is 81.7 Å². The second-order valence-corrected chi connectivity index (χ2v) is 26.5. The van der Waals surface area contributed by atoms with E-state index in [1.54, 1.807) is 19.0 Å². The van der Waals surface area contributed by atoms with Gasteiger partial charge < -0.3 is 27.4 Å². The number of hydrogen-bond acceptors (Lipinski definition) is 6. The molecule has 0 fully saturated rings. The van der Waals surface area contributed by atoms with Crippen LogP contribution in [0.5, 0.6) is 0 Å². The molecule has 0 spiro atoms. The highest BCUT2D eigenvalue weighted by atomic mass is 15.1. The van der Waals surface area contributed by atoms with E-state index < -0.39 is 0 Å². The fourth-order valence-corrected chi connectivity index (χ4v) is 16.7. The van der Waals surface area contributed by atoms with Gasteiger partial charge in [0.1, 0.15) is 19.0 Å². The summed E-state index contributed by atoms with van der Waals surface area (Å²) in [5.74, 6) is 0. The summed E-state index contributed by atoms with van der Waals surface area (Å²) in [6, 6.07) is 101. The van der Waals surface area contributed by atoms with E-state index in [0.717, 1.165) is 134 Å². The summed E-state index contributed by atoms with van der Waals surface area (Å²) < 4.78 is 14.1. The van der Waals surface area contributed by atoms with E-state index in [0.29, 0.717) is 0 Å². The molecule has 0 amide bonds. The van der Waals surface area contributed by atoms with Crippen LogP contribution in [0.3, 0.4) is 0 Å². The first-order valence-electron chi connectivity index (χ1n) is 34.2. The zero-order chi connectivity index (χ0) is 66.7. The third kappa shape index (κ3) is 8.25. The number of fused-ring (bicyclic) bond motifs is 18. The first kappa shape index (κ1) is 56.0. The Hall–Kier alpha value is -14.1. The molecule has 0 aliphatic carbocycles. The van der Waals surface area contributed by atoms with Crippen LogP contribution < -0.4 is 0 Å². The molecule has 0 saturated heterocycles. The number of nitrogens with zero attached hydrogens (tertiary/aromatic N) is 12. The summed E-state index contributed by atoms with van der Waals surface area (Å²) in [5, 5.41) is 14.3. The largest absolute Gasteiger partial charge is 0.309 e. The first-order valence-corrected chi connectivity index (χ1v) is 34.2. The summed E-state index contributed by atoms with van der Waals surface area (Å²) in [4.78, 5) is 26.7. The lowest BCUT2D eigenvalue weighted by atomic mass is 9.93. The number of para-hydroxylation sites is 6. The molecule has 12 heteroatoms. The Morgan fingerprint density at radius 2 is 0.343 bits per heavy atom. The SMILES string of the molecule is c1ccc2c(c1)c1cc3c4ccccc4n(-c4cncnc4)c3cc1n2-c1ccc(-c2cc(-c3ccc(-n4c5ccccc5c5cc6c7ccccc7n(-c7cncnc7)c6cc54)cc3)cc(-c3ccc(-n4c5ccccc5c5cc6c7ccccc7n(-c7cncnc7)c6cc54)cc3)c2)cc1. The maximum atomic E-state index is 4.46. The summed E-state index contributed by atoms with van der Waals surface area (Å²) in [6.45, 7) is 0. The van der Waals surface area contributed by atoms with Crippen LogP contribution in [0.1, 0.15) is 0 Å². The van der Waals surface area contributed by atoms with Crippen molar-refractivity contribution in [2.24, 2.45) is 0 Å². The molecule has 9 aromatic heterocycles. The molecule has 0 radical (unpaired) electrons. The predicted molar refractivity (Wildman–Crippen MR) is 416 cm³/mol. The van der Waals surface area contributed by atoms with E-state index in [-0.39, 0.29) is 0 Å². The zero-order valence-corrected chi connectivity index (χ0v) is 54.5. The Bertz CT molecular complexity index is 6500. The van der Waals surface area contributed by atoms with Crippen LogP contribution in [-0.4, -0.2) is 57.3 Å². The van der Waals surface area contributed by atoms with Gasteiger partial charge >= 0.3 is 0 Å². The van der Waals surface area contributed by atoms with E-state index in [1.807, 2.05) is 37.2 Å². The lowest BCUT2D eigenvalue weighted by molar-refractivity contribution is 1.07. The minimum Gasteiger partial charge on any atom is -0.309 e. The lowest BCUT2D eigenvalue weighted by Crippen LogP contribution is -1.97. The van der Waals surface area contributed by atoms with E-state index in [4.69, 9.17) is 0 Å². The van der Waals surface area contributed by atoms with Crippen molar-refractivity contribution in [3.63, 3.8) is 0 Å². The van der Waals surface area contributed by atoms with Crippen LogP contribution in [0, 0.1) is 0 Å². The predicted octanol–water partition coefficient (Wildman–Crippen LogP) is 21.6. The quantitative estimate of drug-likeness (QED) is 0.142. The van der Waals surface area contributed by atoms with E-state index in [1.165, 1.54) is 64.6 Å². The maximum absolute atomic E-state index is 4.46. The molecule has 474 valence electrons. The number of benzene rings is 13. The Balaban J connectivity index is 0.699. The van der Waals surface area contributed by atoms with E-state index in [2.05, 4.69) is 330 Å². The van der Waals surface area contributed by atoms with E-state index >= 15 is 0 Å². The highest BCUT2D eigenvalue weighted by Crippen LogP contribution is 2.45. The fraction of sp³-hybridized carbons (Fsp3) is 0. The van der Waals surface area contributed by atoms with Gasteiger partial charge in [-0.15, -0.1) is 0 Å². The summed E-state index contributed by atoms with van der Waals surface area (Å²) in [5.41, 5.74) is 26.0. The van der Waals surface area contributed by atoms with Crippen molar-refractivity contribution >= 4 is 131 Å². The zero-order valence-electron chi connectivity index (χ0n) is 54.5. The molecule has 9 heterocycles. The molecule has 0 aliphatic heterocycles. The number of aromatic nitrogens is 12. The molecule has 0 atom stereocenters. The molecule has 22 rings (SSSR count). The first-order chi connectivity index (χ1) is 50.6. The lowest BCUT2D eigenvalue weighted by Gasteiger charge is -2.15. The number of rotatable bonds is 9. The van der Waals surface area contributed by atoms with Crippen molar-refractivity contribution in [1.29, 1.82) is 0 Å². The minimum absolute atomic E-state index is 0.916. The summed E-state index contributed by atoms with van der Waals surface area (Å²) in [6.07, 6.45) is 16.1.